The van der Waals surface area contributed by atoms with Gasteiger partial charge in [0.15, 0.2) is 0 Å². The highest BCUT2D eigenvalue weighted by Crippen LogP contribution is 2.56. The fourth-order valence-electron chi connectivity index (χ4n) is 9.56. The van der Waals surface area contributed by atoms with Crippen LogP contribution in [0.5, 0.6) is 0 Å². The standard InChI is InChI=1S/C59H44N2/c1-59(2)53-26-14-16-28-56(53)61(58-51-25-12-11-22-45(51)33-37-52(58)47-30-29-42-19-9-10-23-46(42)39-47)57-40-49(36-38-54(57)59)60(48-34-31-43(32-35-48)41-17-5-3-6-18-41)55-27-15-13-24-50(55)44-20-7-4-8-21-44/h3-40H,1-2H3. The van der Waals surface area contributed by atoms with E-state index >= 15 is 0 Å². The Balaban J connectivity index is 1.18. The zero-order valence-electron chi connectivity index (χ0n) is 34.3. The Hall–Kier alpha value is -7.68. The number of rotatable bonds is 7. The second-order valence-electron chi connectivity index (χ2n) is 16.6. The summed E-state index contributed by atoms with van der Waals surface area (Å²) in [5, 5.41) is 4.88. The highest BCUT2D eigenvalue weighted by Gasteiger charge is 2.38. The summed E-state index contributed by atoms with van der Waals surface area (Å²) in [5.41, 5.74) is 16.3. The molecule has 10 aromatic carbocycles. The first-order valence-electron chi connectivity index (χ1n) is 21.2. The van der Waals surface area contributed by atoms with Gasteiger partial charge >= 0.3 is 0 Å². The Morgan fingerprint density at radius 3 is 1.74 bits per heavy atom. The number of nitrogens with zero attached hydrogens (tertiary/aromatic N) is 2. The van der Waals surface area contributed by atoms with Crippen LogP contribution in [0.3, 0.4) is 0 Å². The van der Waals surface area contributed by atoms with Crippen LogP contribution in [0.25, 0.3) is 54.9 Å². The van der Waals surface area contributed by atoms with Crippen molar-refractivity contribution in [2.45, 2.75) is 19.3 Å². The predicted molar refractivity (Wildman–Crippen MR) is 259 cm³/mol. The van der Waals surface area contributed by atoms with Crippen molar-refractivity contribution in [2.24, 2.45) is 0 Å². The second-order valence-corrected chi connectivity index (χ2v) is 16.6. The molecule has 2 nitrogen and oxygen atoms in total. The maximum Gasteiger partial charge on any atom is 0.0618 e. The van der Waals surface area contributed by atoms with Crippen LogP contribution in [0, 0.1) is 0 Å². The molecule has 290 valence electrons. The highest BCUT2D eigenvalue weighted by molar-refractivity contribution is 6.08. The third-order valence-electron chi connectivity index (χ3n) is 12.6. The number of para-hydroxylation sites is 2. The molecule has 0 atom stereocenters. The van der Waals surface area contributed by atoms with Crippen molar-refractivity contribution in [3.8, 4) is 33.4 Å². The molecule has 0 bridgehead atoms. The van der Waals surface area contributed by atoms with E-state index in [1.807, 2.05) is 0 Å². The van der Waals surface area contributed by atoms with Gasteiger partial charge in [0.25, 0.3) is 0 Å². The number of benzene rings is 10. The molecule has 0 spiro atoms. The van der Waals surface area contributed by atoms with Crippen molar-refractivity contribution in [3.05, 3.63) is 242 Å². The van der Waals surface area contributed by atoms with Crippen LogP contribution in [0.2, 0.25) is 0 Å². The molecule has 1 heterocycles. The zero-order valence-corrected chi connectivity index (χ0v) is 34.3. The van der Waals surface area contributed by atoms with Crippen molar-refractivity contribution in [2.75, 3.05) is 9.80 Å². The summed E-state index contributed by atoms with van der Waals surface area (Å²) >= 11 is 0. The molecule has 11 rings (SSSR count). The normalized spacial score (nSPS) is 12.9. The molecule has 10 aromatic rings. The summed E-state index contributed by atoms with van der Waals surface area (Å²) in [6, 6.07) is 84.3. The topological polar surface area (TPSA) is 6.48 Å². The van der Waals surface area contributed by atoms with E-state index in [0.717, 1.165) is 17.1 Å². The van der Waals surface area contributed by atoms with E-state index in [2.05, 4.69) is 254 Å². The maximum atomic E-state index is 2.56. The van der Waals surface area contributed by atoms with Gasteiger partial charge in [-0.3, -0.25) is 0 Å². The number of hydrogen-bond donors (Lipinski definition) is 0. The Bertz CT molecular complexity index is 3220. The smallest absolute Gasteiger partial charge is 0.0618 e. The average Bonchev–Trinajstić information content (AvgIpc) is 3.32. The molecule has 0 aromatic heterocycles. The number of fused-ring (bicyclic) bond motifs is 4. The quantitative estimate of drug-likeness (QED) is 0.159. The van der Waals surface area contributed by atoms with Crippen molar-refractivity contribution in [3.63, 3.8) is 0 Å². The van der Waals surface area contributed by atoms with Gasteiger partial charge in [0.2, 0.25) is 0 Å². The third-order valence-corrected chi connectivity index (χ3v) is 12.6. The van der Waals surface area contributed by atoms with Crippen molar-refractivity contribution >= 4 is 55.7 Å². The van der Waals surface area contributed by atoms with E-state index in [0.29, 0.717) is 0 Å². The molecule has 0 aliphatic carbocycles. The molecule has 0 amide bonds. The average molecular weight is 781 g/mol. The first kappa shape index (κ1) is 36.4. The molecule has 0 radical (unpaired) electrons. The van der Waals surface area contributed by atoms with Crippen LogP contribution >= 0.6 is 0 Å². The molecule has 0 unspecified atom stereocenters. The van der Waals surface area contributed by atoms with E-state index in [4.69, 9.17) is 0 Å². The van der Waals surface area contributed by atoms with Crippen LogP contribution in [0.15, 0.2) is 231 Å². The molecule has 0 saturated carbocycles. The largest absolute Gasteiger partial charge is 0.310 e. The molecule has 2 heteroatoms. The molecule has 61 heavy (non-hydrogen) atoms. The highest BCUT2D eigenvalue weighted by atomic mass is 15.2. The Kier molecular flexibility index (Phi) is 8.86. The van der Waals surface area contributed by atoms with Gasteiger partial charge in [-0.05, 0) is 92.0 Å². The minimum absolute atomic E-state index is 0.265. The molecule has 0 saturated heterocycles. The van der Waals surface area contributed by atoms with E-state index < -0.39 is 0 Å². The first-order chi connectivity index (χ1) is 30.0. The third kappa shape index (κ3) is 6.27. The van der Waals surface area contributed by atoms with E-state index in [1.54, 1.807) is 0 Å². The van der Waals surface area contributed by atoms with Gasteiger partial charge in [0.1, 0.15) is 0 Å². The molecular weight excluding hydrogens is 737 g/mol. The Labute approximate surface area is 358 Å². The number of anilines is 6. The van der Waals surface area contributed by atoms with Crippen molar-refractivity contribution < 1.29 is 0 Å². The van der Waals surface area contributed by atoms with Crippen LogP contribution in [-0.4, -0.2) is 0 Å². The number of hydrogen-bond acceptors (Lipinski definition) is 2. The Morgan fingerprint density at radius 2 is 0.934 bits per heavy atom. The summed E-state index contributed by atoms with van der Waals surface area (Å²) in [5.74, 6) is 0. The zero-order chi connectivity index (χ0) is 40.9. The van der Waals surface area contributed by atoms with Gasteiger partial charge in [-0.2, -0.15) is 0 Å². The molecule has 1 aliphatic rings. The van der Waals surface area contributed by atoms with Gasteiger partial charge in [-0.25, -0.2) is 0 Å². The lowest BCUT2D eigenvalue weighted by Gasteiger charge is -2.43. The fraction of sp³-hybridized carbons (Fsp3) is 0.0508. The van der Waals surface area contributed by atoms with E-state index in [9.17, 15) is 0 Å². The van der Waals surface area contributed by atoms with E-state index in [1.165, 1.54) is 83.1 Å². The van der Waals surface area contributed by atoms with Crippen LogP contribution in [0.1, 0.15) is 25.0 Å². The minimum Gasteiger partial charge on any atom is -0.310 e. The van der Waals surface area contributed by atoms with Gasteiger partial charge < -0.3 is 9.80 Å². The van der Waals surface area contributed by atoms with Crippen LogP contribution in [0.4, 0.5) is 34.1 Å². The molecule has 0 N–H and O–H groups in total. The van der Waals surface area contributed by atoms with Crippen molar-refractivity contribution in [1.82, 2.24) is 0 Å². The predicted octanol–water partition coefficient (Wildman–Crippen LogP) is 16.6. The summed E-state index contributed by atoms with van der Waals surface area (Å²) in [6.45, 7) is 4.75. The fourth-order valence-corrected chi connectivity index (χ4v) is 9.56. The summed E-state index contributed by atoms with van der Waals surface area (Å²) in [7, 11) is 0. The van der Waals surface area contributed by atoms with Gasteiger partial charge in [0.05, 0.1) is 22.7 Å². The maximum absolute atomic E-state index is 2.56. The van der Waals surface area contributed by atoms with Gasteiger partial charge in [-0.15, -0.1) is 0 Å². The van der Waals surface area contributed by atoms with Crippen LogP contribution in [-0.2, 0) is 5.41 Å². The second kappa shape index (κ2) is 14.9. The monoisotopic (exact) mass is 780 g/mol. The lowest BCUT2D eigenvalue weighted by Crippen LogP contribution is -2.31. The SMILES string of the molecule is CC1(C)c2ccccc2N(c2c(-c3ccc4ccccc4c3)ccc3ccccc23)c2cc(N(c3ccc(-c4ccccc4)cc3)c3ccccc3-c3ccccc3)ccc21. The van der Waals surface area contributed by atoms with E-state index in [-0.39, 0.29) is 5.41 Å². The first-order valence-corrected chi connectivity index (χ1v) is 21.2. The van der Waals surface area contributed by atoms with Crippen molar-refractivity contribution in [1.29, 1.82) is 0 Å². The molecule has 0 fully saturated rings. The lowest BCUT2D eigenvalue weighted by atomic mass is 9.73. The van der Waals surface area contributed by atoms with Gasteiger partial charge in [-0.1, -0.05) is 202 Å². The minimum atomic E-state index is -0.265. The Morgan fingerprint density at radius 1 is 0.361 bits per heavy atom. The van der Waals surface area contributed by atoms with Gasteiger partial charge in [0, 0.05) is 33.3 Å². The lowest BCUT2D eigenvalue weighted by molar-refractivity contribution is 0.632. The summed E-state index contributed by atoms with van der Waals surface area (Å²) in [6.07, 6.45) is 0. The van der Waals surface area contributed by atoms with Crippen LogP contribution < -0.4 is 9.80 Å². The summed E-state index contributed by atoms with van der Waals surface area (Å²) < 4.78 is 0. The molecular formula is C59H44N2. The molecule has 1 aliphatic heterocycles. The summed E-state index contributed by atoms with van der Waals surface area (Å²) in [4.78, 5) is 5.00.